The number of nitrogens with zero attached hydrogens (tertiary/aromatic N) is 2. The maximum absolute atomic E-state index is 8.98. The van der Waals surface area contributed by atoms with Gasteiger partial charge in [-0.3, -0.25) is 0 Å². The molecule has 0 radical (unpaired) electrons. The molecule has 0 saturated carbocycles. The number of nitrogen functional groups attached to an aromatic ring is 1. The van der Waals surface area contributed by atoms with Crippen molar-refractivity contribution in [2.45, 2.75) is 19.4 Å². The van der Waals surface area contributed by atoms with Crippen molar-refractivity contribution < 1.29 is 5.11 Å². The molecular weight excluding hydrogens is 168 g/mol. The molecule has 1 aromatic rings. The van der Waals surface area contributed by atoms with Gasteiger partial charge < -0.3 is 16.2 Å². The number of nitrogens with one attached hydrogen (secondary N) is 1. The van der Waals surface area contributed by atoms with Crippen LogP contribution in [0.4, 0.5) is 11.8 Å². The molecule has 1 heterocycles. The van der Waals surface area contributed by atoms with E-state index in [-0.39, 0.29) is 6.10 Å². The van der Waals surface area contributed by atoms with Gasteiger partial charge in [-0.2, -0.15) is 4.98 Å². The Morgan fingerprint density at radius 1 is 1.69 bits per heavy atom. The summed E-state index contributed by atoms with van der Waals surface area (Å²) in [7, 11) is 0. The third kappa shape index (κ3) is 3.71. The van der Waals surface area contributed by atoms with Gasteiger partial charge in [0.1, 0.15) is 5.82 Å². The average Bonchev–Trinajstić information content (AvgIpc) is 2.03. The van der Waals surface area contributed by atoms with Crippen LogP contribution >= 0.6 is 0 Å². The maximum atomic E-state index is 8.98. The van der Waals surface area contributed by atoms with Crippen LogP contribution in [-0.2, 0) is 0 Å². The molecule has 0 saturated heterocycles. The number of anilines is 2. The zero-order valence-electron chi connectivity index (χ0n) is 7.57. The first kappa shape index (κ1) is 9.73. The lowest BCUT2D eigenvalue weighted by Crippen LogP contribution is -2.11. The number of aliphatic hydroxyl groups is 1. The number of aliphatic hydroxyl groups excluding tert-OH is 1. The second kappa shape index (κ2) is 4.61. The van der Waals surface area contributed by atoms with Crippen molar-refractivity contribution in [3.05, 3.63) is 12.3 Å². The Morgan fingerprint density at radius 2 is 2.46 bits per heavy atom. The molecule has 0 fully saturated rings. The molecule has 1 unspecified atom stereocenters. The number of aromatic nitrogens is 2. The van der Waals surface area contributed by atoms with Crippen molar-refractivity contribution in [1.82, 2.24) is 9.97 Å². The van der Waals surface area contributed by atoms with E-state index in [1.165, 1.54) is 0 Å². The van der Waals surface area contributed by atoms with E-state index in [4.69, 9.17) is 10.8 Å². The van der Waals surface area contributed by atoms with E-state index < -0.39 is 0 Å². The Labute approximate surface area is 77.0 Å². The van der Waals surface area contributed by atoms with E-state index in [1.807, 2.05) is 0 Å². The van der Waals surface area contributed by atoms with Gasteiger partial charge in [0.15, 0.2) is 0 Å². The van der Waals surface area contributed by atoms with E-state index in [9.17, 15) is 0 Å². The number of hydrogen-bond acceptors (Lipinski definition) is 5. The lowest BCUT2D eigenvalue weighted by Gasteiger charge is -2.05. The monoisotopic (exact) mass is 182 g/mol. The Morgan fingerprint density at radius 3 is 3.08 bits per heavy atom. The first-order valence-corrected chi connectivity index (χ1v) is 4.19. The van der Waals surface area contributed by atoms with Crippen molar-refractivity contribution in [2.24, 2.45) is 0 Å². The predicted octanol–water partition coefficient (Wildman–Crippen LogP) is 0.242. The minimum absolute atomic E-state index is 0.312. The molecule has 1 rings (SSSR count). The van der Waals surface area contributed by atoms with Gasteiger partial charge in [0, 0.05) is 12.7 Å². The second-order valence-corrected chi connectivity index (χ2v) is 2.87. The molecule has 0 aliphatic heterocycles. The van der Waals surface area contributed by atoms with Gasteiger partial charge in [-0.15, -0.1) is 0 Å². The van der Waals surface area contributed by atoms with Crippen LogP contribution in [0.3, 0.4) is 0 Å². The Hall–Kier alpha value is -1.36. The summed E-state index contributed by atoms with van der Waals surface area (Å²) in [6.07, 6.45) is 1.94. The number of hydrogen-bond donors (Lipinski definition) is 3. The topological polar surface area (TPSA) is 84.1 Å². The summed E-state index contributed by atoms with van der Waals surface area (Å²) < 4.78 is 0. The van der Waals surface area contributed by atoms with Crippen molar-refractivity contribution in [3.63, 3.8) is 0 Å². The van der Waals surface area contributed by atoms with Crippen LogP contribution in [0.1, 0.15) is 13.3 Å². The van der Waals surface area contributed by atoms with Crippen LogP contribution in [-0.4, -0.2) is 27.7 Å². The number of nitrogens with two attached hydrogens (primary N) is 1. The van der Waals surface area contributed by atoms with Crippen LogP contribution in [0.25, 0.3) is 0 Å². The normalized spacial score (nSPS) is 12.5. The summed E-state index contributed by atoms with van der Waals surface area (Å²) in [6, 6.07) is 1.62. The van der Waals surface area contributed by atoms with Gasteiger partial charge in [-0.1, -0.05) is 0 Å². The SMILES string of the molecule is CC(O)CCNc1nccc(N)n1. The van der Waals surface area contributed by atoms with Crippen molar-refractivity contribution >= 4 is 11.8 Å². The molecule has 0 amide bonds. The van der Waals surface area contributed by atoms with E-state index >= 15 is 0 Å². The Kier molecular flexibility index (Phi) is 3.45. The zero-order chi connectivity index (χ0) is 9.68. The van der Waals surface area contributed by atoms with Crippen molar-refractivity contribution in [2.75, 3.05) is 17.6 Å². The molecule has 72 valence electrons. The smallest absolute Gasteiger partial charge is 0.224 e. The Bertz CT molecular complexity index is 264. The largest absolute Gasteiger partial charge is 0.393 e. The van der Waals surface area contributed by atoms with E-state index in [0.29, 0.717) is 24.7 Å². The lowest BCUT2D eigenvalue weighted by molar-refractivity contribution is 0.188. The summed E-state index contributed by atoms with van der Waals surface area (Å²) in [4.78, 5) is 7.90. The van der Waals surface area contributed by atoms with Crippen molar-refractivity contribution in [1.29, 1.82) is 0 Å². The van der Waals surface area contributed by atoms with Crippen LogP contribution in [0.2, 0.25) is 0 Å². The molecular formula is C8H14N4O. The Balaban J connectivity index is 2.37. The highest BCUT2D eigenvalue weighted by Gasteiger charge is 1.97. The predicted molar refractivity (Wildman–Crippen MR) is 51.2 cm³/mol. The molecule has 1 aromatic heterocycles. The standard InChI is InChI=1S/C8H14N4O/c1-6(13)2-4-10-8-11-5-3-7(9)12-8/h3,5-6,13H,2,4H2,1H3,(H3,9,10,11,12). The fraction of sp³-hybridized carbons (Fsp3) is 0.500. The number of rotatable bonds is 4. The zero-order valence-corrected chi connectivity index (χ0v) is 7.57. The third-order valence-corrected chi connectivity index (χ3v) is 1.52. The van der Waals surface area contributed by atoms with Crippen LogP contribution in [0.15, 0.2) is 12.3 Å². The summed E-state index contributed by atoms with van der Waals surface area (Å²) in [6.45, 7) is 2.38. The first-order valence-electron chi connectivity index (χ1n) is 4.19. The fourth-order valence-electron chi connectivity index (χ4n) is 0.851. The highest BCUT2D eigenvalue weighted by molar-refractivity contribution is 5.34. The summed E-state index contributed by atoms with van der Waals surface area (Å²) >= 11 is 0. The second-order valence-electron chi connectivity index (χ2n) is 2.87. The molecule has 0 spiro atoms. The summed E-state index contributed by atoms with van der Waals surface area (Å²) in [5.74, 6) is 0.940. The van der Waals surface area contributed by atoms with Gasteiger partial charge in [0.25, 0.3) is 0 Å². The molecule has 5 heteroatoms. The van der Waals surface area contributed by atoms with Crippen molar-refractivity contribution in [3.8, 4) is 0 Å². The molecule has 1 atom stereocenters. The van der Waals surface area contributed by atoms with E-state index in [2.05, 4.69) is 15.3 Å². The van der Waals surface area contributed by atoms with Gasteiger partial charge in [0.05, 0.1) is 6.10 Å². The average molecular weight is 182 g/mol. The van der Waals surface area contributed by atoms with Gasteiger partial charge in [-0.25, -0.2) is 4.98 Å². The summed E-state index contributed by atoms with van der Waals surface area (Å²) in [5, 5.41) is 11.9. The molecule has 4 N–H and O–H groups in total. The quantitative estimate of drug-likeness (QED) is 0.621. The highest BCUT2D eigenvalue weighted by atomic mass is 16.3. The van der Waals surface area contributed by atoms with Crippen LogP contribution < -0.4 is 11.1 Å². The van der Waals surface area contributed by atoms with Gasteiger partial charge in [-0.05, 0) is 19.4 Å². The first-order chi connectivity index (χ1) is 6.18. The molecule has 13 heavy (non-hydrogen) atoms. The minimum Gasteiger partial charge on any atom is -0.393 e. The van der Waals surface area contributed by atoms with E-state index in [1.54, 1.807) is 19.2 Å². The summed E-state index contributed by atoms with van der Waals surface area (Å²) in [5.41, 5.74) is 5.45. The molecule has 0 aliphatic rings. The highest BCUT2D eigenvalue weighted by Crippen LogP contribution is 2.01. The fourth-order valence-corrected chi connectivity index (χ4v) is 0.851. The lowest BCUT2D eigenvalue weighted by atomic mass is 10.3. The van der Waals surface area contributed by atoms with Gasteiger partial charge in [0.2, 0.25) is 5.95 Å². The van der Waals surface area contributed by atoms with Crippen LogP contribution in [0, 0.1) is 0 Å². The molecule has 0 aromatic carbocycles. The molecule has 0 bridgehead atoms. The third-order valence-electron chi connectivity index (χ3n) is 1.52. The van der Waals surface area contributed by atoms with E-state index in [0.717, 1.165) is 0 Å². The van der Waals surface area contributed by atoms with Crippen LogP contribution in [0.5, 0.6) is 0 Å². The molecule has 5 nitrogen and oxygen atoms in total. The minimum atomic E-state index is -0.312. The van der Waals surface area contributed by atoms with Gasteiger partial charge >= 0.3 is 0 Å². The maximum Gasteiger partial charge on any atom is 0.224 e. The molecule has 0 aliphatic carbocycles.